The third-order valence-corrected chi connectivity index (χ3v) is 3.32. The lowest BCUT2D eigenvalue weighted by Gasteiger charge is -2.28. The molecule has 1 atom stereocenters. The van der Waals surface area contributed by atoms with Crippen LogP contribution in [0.3, 0.4) is 0 Å². The quantitative estimate of drug-likeness (QED) is 0.460. The maximum Gasteiger partial charge on any atom is -0.0205 e. The Balaban J connectivity index is 4.29. The lowest BCUT2D eigenvalue weighted by molar-refractivity contribution is 0.371. The molecule has 1 unspecified atom stereocenters. The molecule has 16 heavy (non-hydrogen) atoms. The van der Waals surface area contributed by atoms with Gasteiger partial charge in [-0.25, -0.2) is 0 Å². The van der Waals surface area contributed by atoms with Crippen LogP contribution in [0.15, 0.2) is 0 Å². The lowest BCUT2D eigenvalue weighted by Crippen LogP contribution is -2.16. The van der Waals surface area contributed by atoms with Crippen molar-refractivity contribution in [3.05, 3.63) is 5.92 Å². The Morgan fingerprint density at radius 2 is 1.38 bits per heavy atom. The van der Waals surface area contributed by atoms with Crippen LogP contribution in [0.1, 0.15) is 80.1 Å². The minimum atomic E-state index is 0.824. The molecular weight excluding hydrogens is 192 g/mol. The molecule has 0 aliphatic carbocycles. The van der Waals surface area contributed by atoms with Gasteiger partial charge in [0.05, 0.1) is 0 Å². The van der Waals surface area contributed by atoms with Gasteiger partial charge in [0.1, 0.15) is 0 Å². The first-order valence-electron chi connectivity index (χ1n) is 7.35. The number of hydrogen-bond donors (Lipinski definition) is 0. The zero-order valence-electron chi connectivity index (χ0n) is 12.5. The zero-order chi connectivity index (χ0) is 12.6. The maximum absolute atomic E-state index is 2.36. The van der Waals surface area contributed by atoms with E-state index >= 15 is 0 Å². The molecule has 97 valence electrons. The van der Waals surface area contributed by atoms with E-state index in [2.05, 4.69) is 41.5 Å². The van der Waals surface area contributed by atoms with Crippen molar-refractivity contribution in [1.29, 1.82) is 0 Å². The summed E-state index contributed by atoms with van der Waals surface area (Å²) in [5.41, 5.74) is 0. The Kier molecular flexibility index (Phi) is 9.07. The average molecular weight is 225 g/mol. The Morgan fingerprint density at radius 3 is 1.69 bits per heavy atom. The molecule has 0 bridgehead atoms. The van der Waals surface area contributed by atoms with Gasteiger partial charge in [0.2, 0.25) is 0 Å². The van der Waals surface area contributed by atoms with Crippen LogP contribution in [0.2, 0.25) is 0 Å². The second-order valence-corrected chi connectivity index (χ2v) is 6.10. The van der Waals surface area contributed by atoms with Crippen molar-refractivity contribution in [2.45, 2.75) is 80.1 Å². The second-order valence-electron chi connectivity index (χ2n) is 6.10. The summed E-state index contributed by atoms with van der Waals surface area (Å²) in [6, 6.07) is 0. The highest BCUT2D eigenvalue weighted by Crippen LogP contribution is 2.34. The van der Waals surface area contributed by atoms with Crippen LogP contribution in [0.5, 0.6) is 0 Å². The molecule has 0 saturated carbocycles. The first-order chi connectivity index (χ1) is 7.51. The minimum Gasteiger partial charge on any atom is -0.0654 e. The van der Waals surface area contributed by atoms with Gasteiger partial charge in [-0.05, 0) is 42.9 Å². The topological polar surface area (TPSA) is 0 Å². The van der Waals surface area contributed by atoms with Crippen molar-refractivity contribution in [2.24, 2.45) is 17.8 Å². The van der Waals surface area contributed by atoms with E-state index in [1.54, 1.807) is 0 Å². The SMILES string of the molecule is CCCCC(CC)[C](CC(C)C)CC(C)C. The molecule has 0 spiro atoms. The van der Waals surface area contributed by atoms with Gasteiger partial charge in [0.15, 0.2) is 0 Å². The van der Waals surface area contributed by atoms with Crippen molar-refractivity contribution in [1.82, 2.24) is 0 Å². The third-order valence-electron chi connectivity index (χ3n) is 3.32. The molecule has 0 N–H and O–H groups in total. The molecule has 0 heteroatoms. The van der Waals surface area contributed by atoms with E-state index in [1.807, 2.05) is 5.92 Å². The third kappa shape index (κ3) is 7.30. The molecule has 0 saturated heterocycles. The van der Waals surface area contributed by atoms with E-state index in [0.717, 1.165) is 17.8 Å². The number of hydrogen-bond acceptors (Lipinski definition) is 0. The Bertz CT molecular complexity index is 136. The first-order valence-corrected chi connectivity index (χ1v) is 7.35. The van der Waals surface area contributed by atoms with Crippen LogP contribution in [0, 0.1) is 23.7 Å². The van der Waals surface area contributed by atoms with E-state index < -0.39 is 0 Å². The van der Waals surface area contributed by atoms with Crippen molar-refractivity contribution < 1.29 is 0 Å². The number of unbranched alkanes of at least 4 members (excludes halogenated alkanes) is 1. The van der Waals surface area contributed by atoms with E-state index in [9.17, 15) is 0 Å². The summed E-state index contributed by atoms with van der Waals surface area (Å²) < 4.78 is 0. The zero-order valence-corrected chi connectivity index (χ0v) is 12.5. The molecule has 0 aliphatic heterocycles. The molecule has 0 aromatic rings. The normalized spacial score (nSPS) is 14.1. The van der Waals surface area contributed by atoms with Crippen LogP contribution in [-0.4, -0.2) is 0 Å². The van der Waals surface area contributed by atoms with Crippen molar-refractivity contribution in [2.75, 3.05) is 0 Å². The maximum atomic E-state index is 2.36. The molecule has 0 nitrogen and oxygen atoms in total. The molecular formula is C16H33. The van der Waals surface area contributed by atoms with Gasteiger partial charge < -0.3 is 0 Å². The summed E-state index contributed by atoms with van der Waals surface area (Å²) in [7, 11) is 0. The standard InChI is InChI=1S/C16H33/c1-7-9-10-15(8-2)16(11-13(3)4)12-14(5)6/h13-15H,7-12H2,1-6H3. The smallest absolute Gasteiger partial charge is 0.0205 e. The van der Waals surface area contributed by atoms with Crippen LogP contribution < -0.4 is 0 Å². The van der Waals surface area contributed by atoms with Gasteiger partial charge in [0, 0.05) is 0 Å². The molecule has 0 aromatic heterocycles. The average Bonchev–Trinajstić information content (AvgIpc) is 2.16. The largest absolute Gasteiger partial charge is 0.0654 e. The summed E-state index contributed by atoms with van der Waals surface area (Å²) in [6.07, 6.45) is 8.20. The molecule has 0 heterocycles. The predicted molar refractivity (Wildman–Crippen MR) is 75.5 cm³/mol. The summed E-state index contributed by atoms with van der Waals surface area (Å²) in [5, 5.41) is 0. The van der Waals surface area contributed by atoms with E-state index in [-0.39, 0.29) is 0 Å². The Labute approximate surface area is 104 Å². The monoisotopic (exact) mass is 225 g/mol. The van der Waals surface area contributed by atoms with Gasteiger partial charge >= 0.3 is 0 Å². The first kappa shape index (κ1) is 16.0. The predicted octanol–water partition coefficient (Wildman–Crippen LogP) is 5.87. The molecule has 1 radical (unpaired) electrons. The fourth-order valence-corrected chi connectivity index (χ4v) is 2.61. The summed E-state index contributed by atoms with van der Waals surface area (Å²) in [4.78, 5) is 0. The van der Waals surface area contributed by atoms with Crippen LogP contribution in [0.25, 0.3) is 0 Å². The highest BCUT2D eigenvalue weighted by atomic mass is 14.3. The fraction of sp³-hybridized carbons (Fsp3) is 0.938. The molecule has 0 fully saturated rings. The summed E-state index contributed by atoms with van der Waals surface area (Å²) in [6.45, 7) is 14.1. The van der Waals surface area contributed by atoms with Gasteiger partial charge in [-0.3, -0.25) is 0 Å². The fourth-order valence-electron chi connectivity index (χ4n) is 2.61. The molecule has 0 amide bonds. The number of rotatable bonds is 9. The van der Waals surface area contributed by atoms with Crippen LogP contribution >= 0.6 is 0 Å². The van der Waals surface area contributed by atoms with Crippen molar-refractivity contribution >= 4 is 0 Å². The highest BCUT2D eigenvalue weighted by molar-refractivity contribution is 4.97. The van der Waals surface area contributed by atoms with Gasteiger partial charge in [0.25, 0.3) is 0 Å². The van der Waals surface area contributed by atoms with Crippen LogP contribution in [0.4, 0.5) is 0 Å². The highest BCUT2D eigenvalue weighted by Gasteiger charge is 2.22. The van der Waals surface area contributed by atoms with Crippen molar-refractivity contribution in [3.63, 3.8) is 0 Å². The molecule has 0 aliphatic rings. The Morgan fingerprint density at radius 1 is 0.875 bits per heavy atom. The van der Waals surface area contributed by atoms with Gasteiger partial charge in [-0.15, -0.1) is 0 Å². The summed E-state index contributed by atoms with van der Waals surface area (Å²) in [5.74, 6) is 4.39. The Hall–Kier alpha value is 0. The van der Waals surface area contributed by atoms with E-state index in [0.29, 0.717) is 0 Å². The second kappa shape index (κ2) is 9.07. The molecule has 0 aromatic carbocycles. The van der Waals surface area contributed by atoms with Crippen molar-refractivity contribution in [3.8, 4) is 0 Å². The van der Waals surface area contributed by atoms with E-state index in [1.165, 1.54) is 38.5 Å². The van der Waals surface area contributed by atoms with Gasteiger partial charge in [-0.1, -0.05) is 60.8 Å². The minimum absolute atomic E-state index is 0.824. The van der Waals surface area contributed by atoms with Gasteiger partial charge in [-0.2, -0.15) is 0 Å². The lowest BCUT2D eigenvalue weighted by atomic mass is 9.77. The summed E-state index contributed by atoms with van der Waals surface area (Å²) >= 11 is 0. The van der Waals surface area contributed by atoms with E-state index in [4.69, 9.17) is 0 Å². The van der Waals surface area contributed by atoms with Crippen LogP contribution in [-0.2, 0) is 0 Å². The molecule has 0 rings (SSSR count).